The van der Waals surface area contributed by atoms with Crippen LogP contribution in [0, 0.1) is 0 Å². The minimum absolute atomic E-state index is 0.0212. The minimum atomic E-state index is -0.605. The smallest absolute Gasteiger partial charge is 0.237 e. The molecule has 3 rings (SSSR count). The molecule has 18 heavy (non-hydrogen) atoms. The van der Waals surface area contributed by atoms with E-state index >= 15 is 0 Å². The van der Waals surface area contributed by atoms with Gasteiger partial charge in [-0.3, -0.25) is 4.79 Å². The molecule has 1 spiro atoms. The maximum Gasteiger partial charge on any atom is 0.237 e. The second-order valence-corrected chi connectivity index (χ2v) is 4.63. The Hall–Kier alpha value is -2.04. The molecule has 0 saturated carbocycles. The zero-order valence-electron chi connectivity index (χ0n) is 9.67. The van der Waals surface area contributed by atoms with Crippen molar-refractivity contribution in [1.82, 2.24) is 0 Å². The van der Waals surface area contributed by atoms with Gasteiger partial charge in [-0.05, 0) is 23.6 Å². The van der Waals surface area contributed by atoms with Crippen LogP contribution in [0.3, 0.4) is 0 Å². The van der Waals surface area contributed by atoms with E-state index < -0.39 is 5.41 Å². The zero-order valence-corrected chi connectivity index (χ0v) is 9.67. The number of nitrogens with one attached hydrogen (secondary N) is 1. The highest BCUT2D eigenvalue weighted by Gasteiger charge is 2.52. The summed E-state index contributed by atoms with van der Waals surface area (Å²) in [7, 11) is 0. The zero-order chi connectivity index (χ0) is 12.6. The summed E-state index contributed by atoms with van der Waals surface area (Å²) < 4.78 is 5.59. The van der Waals surface area contributed by atoms with Gasteiger partial charge in [0.1, 0.15) is 5.41 Å². The standard InChI is InChI=1S/C12H12N4O2/c13-16-14-6-8-5-12(7-18-8)9-3-1-2-4-10(9)15-11(12)17/h1-4,8H,5-7H2,(H,15,17). The lowest BCUT2D eigenvalue weighted by Crippen LogP contribution is -2.35. The molecule has 0 aromatic heterocycles. The van der Waals surface area contributed by atoms with Crippen LogP contribution in [0.4, 0.5) is 5.69 Å². The Labute approximate surface area is 104 Å². The molecule has 1 N–H and O–H groups in total. The third-order valence-corrected chi connectivity index (χ3v) is 3.62. The summed E-state index contributed by atoms with van der Waals surface area (Å²) in [4.78, 5) is 14.9. The van der Waals surface area contributed by atoms with Crippen LogP contribution in [0.25, 0.3) is 10.4 Å². The molecule has 0 bridgehead atoms. The number of fused-ring (bicyclic) bond motifs is 2. The van der Waals surface area contributed by atoms with Crippen LogP contribution in [0.1, 0.15) is 12.0 Å². The second kappa shape index (κ2) is 4.01. The number of anilines is 1. The molecule has 2 atom stereocenters. The summed E-state index contributed by atoms with van der Waals surface area (Å²) in [5.74, 6) is -0.0212. The van der Waals surface area contributed by atoms with Crippen molar-refractivity contribution in [3.63, 3.8) is 0 Å². The first kappa shape index (κ1) is 11.1. The maximum atomic E-state index is 12.2. The highest BCUT2D eigenvalue weighted by atomic mass is 16.5. The lowest BCUT2D eigenvalue weighted by Gasteiger charge is -2.18. The number of hydrogen-bond acceptors (Lipinski definition) is 3. The molecular weight excluding hydrogens is 232 g/mol. The van der Waals surface area contributed by atoms with Gasteiger partial charge in [-0.2, -0.15) is 0 Å². The van der Waals surface area contributed by atoms with Gasteiger partial charge in [-0.25, -0.2) is 0 Å². The van der Waals surface area contributed by atoms with Crippen molar-refractivity contribution in [1.29, 1.82) is 0 Å². The van der Waals surface area contributed by atoms with E-state index in [1.807, 2.05) is 24.3 Å². The van der Waals surface area contributed by atoms with Crippen molar-refractivity contribution in [2.45, 2.75) is 17.9 Å². The molecule has 2 unspecified atom stereocenters. The molecule has 1 amide bonds. The topological polar surface area (TPSA) is 87.1 Å². The number of nitrogens with zero attached hydrogens (tertiary/aromatic N) is 3. The van der Waals surface area contributed by atoms with Gasteiger partial charge in [-0.15, -0.1) is 0 Å². The molecule has 6 nitrogen and oxygen atoms in total. The number of hydrogen-bond donors (Lipinski definition) is 1. The van der Waals surface area contributed by atoms with Crippen LogP contribution < -0.4 is 5.32 Å². The van der Waals surface area contributed by atoms with E-state index in [0.717, 1.165) is 11.3 Å². The Balaban J connectivity index is 1.92. The molecule has 1 aromatic carbocycles. The molecule has 2 aliphatic rings. The molecule has 2 heterocycles. The highest BCUT2D eigenvalue weighted by Crippen LogP contribution is 2.45. The van der Waals surface area contributed by atoms with Crippen LogP contribution in [0.5, 0.6) is 0 Å². The van der Waals surface area contributed by atoms with E-state index in [1.165, 1.54) is 0 Å². The Morgan fingerprint density at radius 2 is 2.39 bits per heavy atom. The van der Waals surface area contributed by atoms with Gasteiger partial charge in [0.15, 0.2) is 0 Å². The largest absolute Gasteiger partial charge is 0.377 e. The Morgan fingerprint density at radius 3 is 3.22 bits per heavy atom. The van der Waals surface area contributed by atoms with Gasteiger partial charge in [0.2, 0.25) is 5.91 Å². The van der Waals surface area contributed by atoms with Crippen LogP contribution in [-0.2, 0) is 14.9 Å². The summed E-state index contributed by atoms with van der Waals surface area (Å²) in [5, 5.41) is 6.40. The first-order valence-electron chi connectivity index (χ1n) is 5.80. The highest BCUT2D eigenvalue weighted by molar-refractivity contribution is 6.06. The van der Waals surface area contributed by atoms with Crippen LogP contribution in [-0.4, -0.2) is 25.2 Å². The summed E-state index contributed by atoms with van der Waals surface area (Å²) >= 11 is 0. The average Bonchev–Trinajstić information content (AvgIpc) is 2.93. The minimum Gasteiger partial charge on any atom is -0.377 e. The second-order valence-electron chi connectivity index (χ2n) is 4.63. The summed E-state index contributed by atoms with van der Waals surface area (Å²) in [6.45, 7) is 0.620. The fraction of sp³-hybridized carbons (Fsp3) is 0.417. The van der Waals surface area contributed by atoms with E-state index in [1.54, 1.807) is 0 Å². The number of rotatable bonds is 2. The van der Waals surface area contributed by atoms with Gasteiger partial charge in [-0.1, -0.05) is 23.3 Å². The van der Waals surface area contributed by atoms with Crippen molar-refractivity contribution < 1.29 is 9.53 Å². The lowest BCUT2D eigenvalue weighted by atomic mass is 9.79. The number of benzene rings is 1. The molecule has 0 aliphatic carbocycles. The molecule has 1 aromatic rings. The molecule has 2 aliphatic heterocycles. The number of carbonyl (C=O) groups is 1. The summed E-state index contributed by atoms with van der Waals surface area (Å²) in [6, 6.07) is 7.66. The van der Waals surface area contributed by atoms with Crippen molar-refractivity contribution in [2.24, 2.45) is 5.11 Å². The summed E-state index contributed by atoms with van der Waals surface area (Å²) in [6.07, 6.45) is 0.382. The Morgan fingerprint density at radius 1 is 1.56 bits per heavy atom. The van der Waals surface area contributed by atoms with E-state index in [9.17, 15) is 4.79 Å². The van der Waals surface area contributed by atoms with Crippen LogP contribution in [0.15, 0.2) is 29.4 Å². The van der Waals surface area contributed by atoms with Crippen molar-refractivity contribution in [3.05, 3.63) is 40.3 Å². The van der Waals surface area contributed by atoms with Crippen LogP contribution >= 0.6 is 0 Å². The van der Waals surface area contributed by atoms with Crippen molar-refractivity contribution in [3.8, 4) is 0 Å². The number of carbonyl (C=O) groups excluding carboxylic acids is 1. The first-order valence-corrected chi connectivity index (χ1v) is 5.80. The monoisotopic (exact) mass is 244 g/mol. The normalized spacial score (nSPS) is 28.9. The quantitative estimate of drug-likeness (QED) is 0.489. The van der Waals surface area contributed by atoms with Crippen molar-refractivity contribution in [2.75, 3.05) is 18.5 Å². The molecule has 0 radical (unpaired) electrons. The number of ether oxygens (including phenoxy) is 1. The summed E-state index contributed by atoms with van der Waals surface area (Å²) in [5.41, 5.74) is 9.55. The molecule has 92 valence electrons. The molecule has 1 fully saturated rings. The fourth-order valence-corrected chi connectivity index (χ4v) is 2.73. The number of para-hydroxylation sites is 1. The predicted octanol–water partition coefficient (Wildman–Crippen LogP) is 1.98. The SMILES string of the molecule is [N-]=[N+]=NCC1CC2(CO1)C(=O)Nc1ccccc12. The van der Waals surface area contributed by atoms with Gasteiger partial charge in [0.05, 0.1) is 19.3 Å². The van der Waals surface area contributed by atoms with Gasteiger partial charge >= 0.3 is 0 Å². The van der Waals surface area contributed by atoms with E-state index in [-0.39, 0.29) is 18.6 Å². The van der Waals surface area contributed by atoms with Crippen LogP contribution in [0.2, 0.25) is 0 Å². The van der Waals surface area contributed by atoms with Gasteiger partial charge in [0, 0.05) is 10.6 Å². The third kappa shape index (κ3) is 1.47. The van der Waals surface area contributed by atoms with Gasteiger partial charge < -0.3 is 10.1 Å². The van der Waals surface area contributed by atoms with Crippen molar-refractivity contribution >= 4 is 11.6 Å². The molecule has 6 heteroatoms. The molecule has 1 saturated heterocycles. The first-order chi connectivity index (χ1) is 8.76. The van der Waals surface area contributed by atoms with Gasteiger partial charge in [0.25, 0.3) is 0 Å². The fourth-order valence-electron chi connectivity index (χ4n) is 2.73. The Bertz CT molecular complexity index is 553. The van der Waals surface area contributed by atoms with E-state index in [4.69, 9.17) is 10.3 Å². The third-order valence-electron chi connectivity index (χ3n) is 3.62. The number of amides is 1. The number of azide groups is 1. The molecular formula is C12H12N4O2. The Kier molecular flexibility index (Phi) is 2.47. The lowest BCUT2D eigenvalue weighted by molar-refractivity contribution is -0.120. The predicted molar refractivity (Wildman–Crippen MR) is 65.1 cm³/mol. The average molecular weight is 244 g/mol. The van der Waals surface area contributed by atoms with E-state index in [0.29, 0.717) is 13.0 Å². The maximum absolute atomic E-state index is 12.2. The van der Waals surface area contributed by atoms with E-state index in [2.05, 4.69) is 15.3 Å².